The summed E-state index contributed by atoms with van der Waals surface area (Å²) < 4.78 is 2.27. The summed E-state index contributed by atoms with van der Waals surface area (Å²) in [6, 6.07) is 14.8. The molecule has 0 atom stereocenters. The first-order valence-electron chi connectivity index (χ1n) is 6.62. The molecule has 106 valence electrons. The van der Waals surface area contributed by atoms with Crippen molar-refractivity contribution in [2.45, 2.75) is 29.7 Å². The maximum Gasteiger partial charge on any atom is 0.0314 e. The van der Waals surface area contributed by atoms with Crippen LogP contribution in [0.5, 0.6) is 0 Å². The van der Waals surface area contributed by atoms with E-state index in [0.717, 1.165) is 28.5 Å². The lowest BCUT2D eigenvalue weighted by atomic mass is 10.2. The Labute approximate surface area is 141 Å². The standard InChI is InChI=1S/C16H17Br2NS/c1-2-9-19-11-12-10-13(17)7-8-15(12)20-16-6-4-3-5-14(16)18/h3-8,10,19H,2,9,11H2,1H3. The molecule has 0 aliphatic carbocycles. The van der Waals surface area contributed by atoms with E-state index in [1.807, 2.05) is 6.07 Å². The third-order valence-electron chi connectivity index (χ3n) is 2.82. The third kappa shape index (κ3) is 4.62. The second-order valence-corrected chi connectivity index (χ2v) is 7.32. The Morgan fingerprint density at radius 2 is 1.85 bits per heavy atom. The zero-order valence-electron chi connectivity index (χ0n) is 11.3. The molecule has 1 nitrogen and oxygen atoms in total. The summed E-state index contributed by atoms with van der Waals surface area (Å²) in [4.78, 5) is 2.54. The SMILES string of the molecule is CCCNCc1cc(Br)ccc1Sc1ccccc1Br. The molecule has 2 aromatic rings. The Bertz CT molecular complexity index is 572. The van der Waals surface area contributed by atoms with Crippen LogP contribution in [0.4, 0.5) is 0 Å². The van der Waals surface area contributed by atoms with Gasteiger partial charge in [0.25, 0.3) is 0 Å². The lowest BCUT2D eigenvalue weighted by Gasteiger charge is -2.11. The number of nitrogens with one attached hydrogen (secondary N) is 1. The molecular weight excluding hydrogens is 398 g/mol. The molecule has 0 aliphatic heterocycles. The van der Waals surface area contributed by atoms with Gasteiger partial charge in [-0.2, -0.15) is 0 Å². The third-order valence-corrected chi connectivity index (χ3v) is 5.46. The van der Waals surface area contributed by atoms with Gasteiger partial charge < -0.3 is 5.32 Å². The monoisotopic (exact) mass is 413 g/mol. The van der Waals surface area contributed by atoms with Crippen molar-refractivity contribution >= 4 is 43.6 Å². The van der Waals surface area contributed by atoms with Crippen molar-refractivity contribution in [2.75, 3.05) is 6.54 Å². The van der Waals surface area contributed by atoms with Crippen LogP contribution in [0.25, 0.3) is 0 Å². The normalized spacial score (nSPS) is 10.8. The minimum Gasteiger partial charge on any atom is -0.313 e. The first kappa shape index (κ1) is 16.1. The van der Waals surface area contributed by atoms with Gasteiger partial charge in [-0.1, -0.05) is 46.7 Å². The van der Waals surface area contributed by atoms with Crippen molar-refractivity contribution in [3.05, 3.63) is 57.0 Å². The Kier molecular flexibility index (Phi) is 6.62. The van der Waals surface area contributed by atoms with E-state index >= 15 is 0 Å². The van der Waals surface area contributed by atoms with E-state index in [-0.39, 0.29) is 0 Å². The zero-order chi connectivity index (χ0) is 14.4. The molecular formula is C16H17Br2NS. The fourth-order valence-electron chi connectivity index (χ4n) is 1.83. The summed E-state index contributed by atoms with van der Waals surface area (Å²) in [5.74, 6) is 0. The van der Waals surface area contributed by atoms with E-state index in [1.54, 1.807) is 11.8 Å². The summed E-state index contributed by atoms with van der Waals surface area (Å²) >= 11 is 8.97. The molecule has 0 aliphatic rings. The smallest absolute Gasteiger partial charge is 0.0314 e. The molecule has 0 radical (unpaired) electrons. The van der Waals surface area contributed by atoms with Crippen LogP contribution in [0, 0.1) is 0 Å². The van der Waals surface area contributed by atoms with Crippen molar-refractivity contribution in [3.8, 4) is 0 Å². The molecule has 4 heteroatoms. The zero-order valence-corrected chi connectivity index (χ0v) is 15.3. The molecule has 0 spiro atoms. The summed E-state index contributed by atoms with van der Waals surface area (Å²) in [5, 5.41) is 3.47. The van der Waals surface area contributed by atoms with Gasteiger partial charge >= 0.3 is 0 Å². The van der Waals surface area contributed by atoms with E-state index in [1.165, 1.54) is 15.4 Å². The largest absolute Gasteiger partial charge is 0.313 e. The lowest BCUT2D eigenvalue weighted by Crippen LogP contribution is -2.14. The maximum absolute atomic E-state index is 3.61. The second-order valence-electron chi connectivity index (χ2n) is 4.46. The second kappa shape index (κ2) is 8.23. The van der Waals surface area contributed by atoms with Crippen LogP contribution in [0.15, 0.2) is 61.2 Å². The van der Waals surface area contributed by atoms with Gasteiger partial charge in [-0.25, -0.2) is 0 Å². The molecule has 0 fully saturated rings. The maximum atomic E-state index is 3.61. The number of hydrogen-bond acceptors (Lipinski definition) is 2. The Morgan fingerprint density at radius 1 is 1.05 bits per heavy atom. The number of halogens is 2. The Hall–Kier alpha value is -0.290. The minimum absolute atomic E-state index is 0.903. The van der Waals surface area contributed by atoms with Crippen molar-refractivity contribution in [1.29, 1.82) is 0 Å². The molecule has 20 heavy (non-hydrogen) atoms. The van der Waals surface area contributed by atoms with Crippen molar-refractivity contribution < 1.29 is 0 Å². The van der Waals surface area contributed by atoms with E-state index in [9.17, 15) is 0 Å². The van der Waals surface area contributed by atoms with Crippen LogP contribution in [0.3, 0.4) is 0 Å². The molecule has 1 N–H and O–H groups in total. The van der Waals surface area contributed by atoms with Crippen LogP contribution >= 0.6 is 43.6 Å². The van der Waals surface area contributed by atoms with E-state index in [2.05, 4.69) is 80.5 Å². The van der Waals surface area contributed by atoms with Gasteiger partial charge in [-0.15, -0.1) is 0 Å². The topological polar surface area (TPSA) is 12.0 Å². The first-order valence-corrected chi connectivity index (χ1v) is 9.02. The molecule has 0 unspecified atom stereocenters. The van der Waals surface area contributed by atoms with Gasteiger partial charge in [-0.3, -0.25) is 0 Å². The predicted octanol–water partition coefficient (Wildman–Crippen LogP) is 5.86. The fraction of sp³-hybridized carbons (Fsp3) is 0.250. The molecule has 0 saturated carbocycles. The lowest BCUT2D eigenvalue weighted by molar-refractivity contribution is 0.669. The van der Waals surface area contributed by atoms with Crippen molar-refractivity contribution in [3.63, 3.8) is 0 Å². The highest BCUT2D eigenvalue weighted by molar-refractivity contribution is 9.10. The average Bonchev–Trinajstić information content (AvgIpc) is 2.44. The van der Waals surface area contributed by atoms with Crippen LogP contribution in [-0.4, -0.2) is 6.54 Å². The van der Waals surface area contributed by atoms with Crippen LogP contribution in [0.1, 0.15) is 18.9 Å². The molecule has 0 heterocycles. The minimum atomic E-state index is 0.903. The molecule has 0 amide bonds. The molecule has 2 rings (SSSR count). The quantitative estimate of drug-likeness (QED) is 0.593. The fourth-order valence-corrected chi connectivity index (χ4v) is 3.71. The number of hydrogen-bond donors (Lipinski definition) is 1. The number of benzene rings is 2. The number of rotatable bonds is 6. The predicted molar refractivity (Wildman–Crippen MR) is 94.4 cm³/mol. The van der Waals surface area contributed by atoms with Gasteiger partial charge in [0, 0.05) is 25.3 Å². The summed E-state index contributed by atoms with van der Waals surface area (Å²) in [5.41, 5.74) is 1.33. The van der Waals surface area contributed by atoms with Crippen LogP contribution in [0.2, 0.25) is 0 Å². The Morgan fingerprint density at radius 3 is 2.60 bits per heavy atom. The summed E-state index contributed by atoms with van der Waals surface area (Å²) in [6.07, 6.45) is 1.15. The highest BCUT2D eigenvalue weighted by Gasteiger charge is 2.07. The molecule has 0 aromatic heterocycles. The molecule has 2 aromatic carbocycles. The van der Waals surface area contributed by atoms with Gasteiger partial charge in [0.05, 0.1) is 0 Å². The van der Waals surface area contributed by atoms with Gasteiger partial charge in [-0.05, 0) is 64.8 Å². The van der Waals surface area contributed by atoms with E-state index < -0.39 is 0 Å². The van der Waals surface area contributed by atoms with Crippen LogP contribution < -0.4 is 5.32 Å². The highest BCUT2D eigenvalue weighted by Crippen LogP contribution is 2.36. The van der Waals surface area contributed by atoms with Crippen LogP contribution in [-0.2, 0) is 6.54 Å². The highest BCUT2D eigenvalue weighted by atomic mass is 79.9. The summed E-state index contributed by atoms with van der Waals surface area (Å²) in [6.45, 7) is 4.14. The first-order chi connectivity index (χ1) is 9.70. The Balaban J connectivity index is 2.20. The average molecular weight is 415 g/mol. The summed E-state index contributed by atoms with van der Waals surface area (Å²) in [7, 11) is 0. The van der Waals surface area contributed by atoms with Gasteiger partial charge in [0.2, 0.25) is 0 Å². The van der Waals surface area contributed by atoms with Crippen molar-refractivity contribution in [2.24, 2.45) is 0 Å². The molecule has 0 bridgehead atoms. The molecule has 0 saturated heterocycles. The van der Waals surface area contributed by atoms with E-state index in [4.69, 9.17) is 0 Å². The van der Waals surface area contributed by atoms with Crippen molar-refractivity contribution in [1.82, 2.24) is 5.32 Å². The van der Waals surface area contributed by atoms with Gasteiger partial charge in [0.1, 0.15) is 0 Å². The van der Waals surface area contributed by atoms with E-state index in [0.29, 0.717) is 0 Å². The van der Waals surface area contributed by atoms with Gasteiger partial charge in [0.15, 0.2) is 0 Å².